The van der Waals surface area contributed by atoms with Gasteiger partial charge in [0.1, 0.15) is 12.4 Å². The standard InChI is InChI=1S/C19H21NO5/c1-2-24-19(22)18-15-5-3-4-6-16(15)20-13-14(7-8-17(18)20)25-12-11-23-10-9-21/h3-8,13,21H,2,9-12H2,1H3. The van der Waals surface area contributed by atoms with Crippen LogP contribution < -0.4 is 4.74 Å². The van der Waals surface area contributed by atoms with Crippen molar-refractivity contribution in [3.05, 3.63) is 48.2 Å². The van der Waals surface area contributed by atoms with Gasteiger partial charge >= 0.3 is 5.97 Å². The average Bonchev–Trinajstić information content (AvgIpc) is 2.96. The topological polar surface area (TPSA) is 69.4 Å². The first-order valence-corrected chi connectivity index (χ1v) is 8.27. The number of aliphatic hydroxyl groups excluding tert-OH is 1. The summed E-state index contributed by atoms with van der Waals surface area (Å²) in [6.07, 6.45) is 1.85. The summed E-state index contributed by atoms with van der Waals surface area (Å²) in [6.45, 7) is 3.21. The van der Waals surface area contributed by atoms with Gasteiger partial charge in [-0.25, -0.2) is 4.79 Å². The first-order valence-electron chi connectivity index (χ1n) is 8.27. The van der Waals surface area contributed by atoms with Crippen LogP contribution in [0.5, 0.6) is 5.75 Å². The van der Waals surface area contributed by atoms with Gasteiger partial charge in [0, 0.05) is 5.39 Å². The van der Waals surface area contributed by atoms with Gasteiger partial charge in [-0.15, -0.1) is 0 Å². The molecule has 0 saturated heterocycles. The van der Waals surface area contributed by atoms with Gasteiger partial charge < -0.3 is 23.7 Å². The number of benzene rings is 1. The monoisotopic (exact) mass is 343 g/mol. The van der Waals surface area contributed by atoms with Crippen LogP contribution in [0.4, 0.5) is 0 Å². The number of para-hydroxylation sites is 1. The molecule has 6 heteroatoms. The number of hydrogen-bond donors (Lipinski definition) is 1. The second-order valence-electron chi connectivity index (χ2n) is 5.42. The van der Waals surface area contributed by atoms with Crippen LogP contribution in [-0.2, 0) is 9.47 Å². The van der Waals surface area contributed by atoms with E-state index in [1.54, 1.807) is 6.92 Å². The minimum absolute atomic E-state index is 0.00203. The van der Waals surface area contributed by atoms with E-state index in [4.69, 9.17) is 19.3 Å². The van der Waals surface area contributed by atoms with Crippen LogP contribution in [0.2, 0.25) is 0 Å². The van der Waals surface area contributed by atoms with Crippen LogP contribution in [0, 0.1) is 0 Å². The van der Waals surface area contributed by atoms with Crippen molar-refractivity contribution in [2.45, 2.75) is 6.92 Å². The quantitative estimate of drug-likeness (QED) is 0.503. The minimum atomic E-state index is -0.327. The highest BCUT2D eigenvalue weighted by Gasteiger charge is 2.19. The van der Waals surface area contributed by atoms with Gasteiger partial charge in [-0.3, -0.25) is 0 Å². The lowest BCUT2D eigenvalue weighted by molar-refractivity contribution is 0.0531. The van der Waals surface area contributed by atoms with E-state index < -0.39 is 0 Å². The molecule has 0 spiro atoms. The van der Waals surface area contributed by atoms with Crippen LogP contribution in [0.15, 0.2) is 42.6 Å². The molecule has 0 fully saturated rings. The van der Waals surface area contributed by atoms with E-state index in [-0.39, 0.29) is 12.6 Å². The lowest BCUT2D eigenvalue weighted by Gasteiger charge is -2.08. The number of aliphatic hydroxyl groups is 1. The van der Waals surface area contributed by atoms with Gasteiger partial charge in [0.25, 0.3) is 0 Å². The number of ether oxygens (including phenoxy) is 3. The van der Waals surface area contributed by atoms with E-state index in [0.29, 0.717) is 37.7 Å². The molecule has 3 aromatic rings. The third-order valence-corrected chi connectivity index (χ3v) is 3.82. The Kier molecular flexibility index (Phi) is 5.53. The summed E-state index contributed by atoms with van der Waals surface area (Å²) in [5, 5.41) is 9.53. The molecule has 0 bridgehead atoms. The van der Waals surface area contributed by atoms with Crippen molar-refractivity contribution >= 4 is 22.4 Å². The highest BCUT2D eigenvalue weighted by atomic mass is 16.5. The average molecular weight is 343 g/mol. The molecule has 0 amide bonds. The third-order valence-electron chi connectivity index (χ3n) is 3.82. The van der Waals surface area contributed by atoms with E-state index in [0.717, 1.165) is 16.4 Å². The Morgan fingerprint density at radius 2 is 1.92 bits per heavy atom. The fourth-order valence-electron chi connectivity index (χ4n) is 2.81. The molecule has 0 atom stereocenters. The molecule has 0 saturated carbocycles. The molecule has 6 nitrogen and oxygen atoms in total. The van der Waals surface area contributed by atoms with Crippen LogP contribution >= 0.6 is 0 Å². The van der Waals surface area contributed by atoms with E-state index >= 15 is 0 Å². The molecule has 1 aromatic carbocycles. The van der Waals surface area contributed by atoms with Crippen molar-refractivity contribution in [3.63, 3.8) is 0 Å². The number of fused-ring (bicyclic) bond motifs is 3. The van der Waals surface area contributed by atoms with Gasteiger partial charge in [0.05, 0.1) is 49.2 Å². The predicted molar refractivity (Wildman–Crippen MR) is 94.3 cm³/mol. The van der Waals surface area contributed by atoms with Crippen LogP contribution in [-0.4, -0.2) is 48.5 Å². The summed E-state index contributed by atoms with van der Waals surface area (Å²) in [4.78, 5) is 12.4. The van der Waals surface area contributed by atoms with E-state index in [2.05, 4.69) is 0 Å². The molecular formula is C19H21NO5. The smallest absolute Gasteiger partial charge is 0.340 e. The summed E-state index contributed by atoms with van der Waals surface area (Å²) < 4.78 is 18.0. The SMILES string of the molecule is CCOC(=O)c1c2ccccc2n2cc(OCCOCCO)ccc12. The normalized spacial score (nSPS) is 11.1. The Hall–Kier alpha value is -2.57. The Morgan fingerprint density at radius 1 is 1.08 bits per heavy atom. The van der Waals surface area contributed by atoms with Gasteiger partial charge in [0.2, 0.25) is 0 Å². The Balaban J connectivity index is 1.94. The Labute approximate surface area is 145 Å². The molecule has 25 heavy (non-hydrogen) atoms. The maximum absolute atomic E-state index is 12.4. The molecule has 0 unspecified atom stereocenters. The fraction of sp³-hybridized carbons (Fsp3) is 0.316. The largest absolute Gasteiger partial charge is 0.490 e. The van der Waals surface area contributed by atoms with Gasteiger partial charge in [-0.1, -0.05) is 18.2 Å². The first-order chi connectivity index (χ1) is 12.3. The second-order valence-corrected chi connectivity index (χ2v) is 5.42. The van der Waals surface area contributed by atoms with Crippen LogP contribution in [0.25, 0.3) is 16.4 Å². The summed E-state index contributed by atoms with van der Waals surface area (Å²) in [5.74, 6) is 0.350. The zero-order valence-corrected chi connectivity index (χ0v) is 14.1. The zero-order chi connectivity index (χ0) is 17.6. The highest BCUT2D eigenvalue weighted by Crippen LogP contribution is 2.29. The van der Waals surface area contributed by atoms with Crippen molar-refractivity contribution in [3.8, 4) is 5.75 Å². The van der Waals surface area contributed by atoms with E-state index in [1.807, 2.05) is 47.0 Å². The number of carbonyl (C=O) groups is 1. The first kappa shape index (κ1) is 17.3. The number of hydrogen-bond acceptors (Lipinski definition) is 5. The summed E-state index contributed by atoms with van der Waals surface area (Å²) in [7, 11) is 0. The molecule has 132 valence electrons. The molecular weight excluding hydrogens is 322 g/mol. The summed E-state index contributed by atoms with van der Waals surface area (Å²) in [5.41, 5.74) is 2.27. The second kappa shape index (κ2) is 8.00. The number of pyridine rings is 1. The van der Waals surface area contributed by atoms with Gasteiger partial charge in [-0.05, 0) is 25.1 Å². The lowest BCUT2D eigenvalue weighted by Crippen LogP contribution is -2.09. The molecule has 0 aliphatic rings. The molecule has 3 rings (SSSR count). The minimum Gasteiger partial charge on any atom is -0.490 e. The molecule has 2 heterocycles. The molecule has 1 N–H and O–H groups in total. The summed E-state index contributed by atoms with van der Waals surface area (Å²) >= 11 is 0. The number of carbonyl (C=O) groups excluding carboxylic acids is 1. The Morgan fingerprint density at radius 3 is 2.72 bits per heavy atom. The highest BCUT2D eigenvalue weighted by molar-refractivity contribution is 6.11. The molecule has 2 aromatic heterocycles. The Bertz CT molecular complexity index is 871. The van der Waals surface area contributed by atoms with Gasteiger partial charge in [-0.2, -0.15) is 0 Å². The predicted octanol–water partition coefficient (Wildman–Crippen LogP) is 2.66. The number of aromatic nitrogens is 1. The maximum atomic E-state index is 12.4. The lowest BCUT2D eigenvalue weighted by atomic mass is 10.1. The van der Waals surface area contributed by atoms with Crippen LogP contribution in [0.1, 0.15) is 17.3 Å². The van der Waals surface area contributed by atoms with Crippen LogP contribution in [0.3, 0.4) is 0 Å². The maximum Gasteiger partial charge on any atom is 0.340 e. The van der Waals surface area contributed by atoms with Crippen molar-refractivity contribution in [1.29, 1.82) is 0 Å². The van der Waals surface area contributed by atoms with E-state index in [1.165, 1.54) is 0 Å². The summed E-state index contributed by atoms with van der Waals surface area (Å²) in [6, 6.07) is 11.4. The van der Waals surface area contributed by atoms with Gasteiger partial charge in [0.15, 0.2) is 0 Å². The molecule has 0 aliphatic heterocycles. The van der Waals surface area contributed by atoms with Crippen molar-refractivity contribution in [1.82, 2.24) is 4.40 Å². The number of nitrogens with zero attached hydrogens (tertiary/aromatic N) is 1. The third kappa shape index (κ3) is 3.60. The van der Waals surface area contributed by atoms with E-state index in [9.17, 15) is 4.79 Å². The molecule has 0 radical (unpaired) electrons. The number of esters is 1. The molecule has 0 aliphatic carbocycles. The van der Waals surface area contributed by atoms with Crippen molar-refractivity contribution in [2.24, 2.45) is 0 Å². The fourth-order valence-corrected chi connectivity index (χ4v) is 2.81. The van der Waals surface area contributed by atoms with Crippen molar-refractivity contribution < 1.29 is 24.1 Å². The van der Waals surface area contributed by atoms with Crippen molar-refractivity contribution in [2.75, 3.05) is 33.0 Å². The zero-order valence-electron chi connectivity index (χ0n) is 14.1. The number of rotatable bonds is 8.